The normalized spacial score (nSPS) is 10.3. The first-order valence-electron chi connectivity index (χ1n) is 7.10. The fraction of sp³-hybridized carbons (Fsp3) is 0.118. The molecule has 2 heterocycles. The molecule has 3 rings (SSSR count). The zero-order valence-electron chi connectivity index (χ0n) is 12.3. The van der Waals surface area contributed by atoms with E-state index >= 15 is 0 Å². The average molecular weight is 325 g/mol. The van der Waals surface area contributed by atoms with E-state index in [-0.39, 0.29) is 12.5 Å². The fourth-order valence-electron chi connectivity index (χ4n) is 1.93. The summed E-state index contributed by atoms with van der Waals surface area (Å²) in [4.78, 5) is 20.4. The molecule has 0 aliphatic heterocycles. The monoisotopic (exact) mass is 325 g/mol. The highest BCUT2D eigenvalue weighted by atomic mass is 32.1. The maximum Gasteiger partial charge on any atom is 0.258 e. The van der Waals surface area contributed by atoms with E-state index in [9.17, 15) is 4.79 Å². The summed E-state index contributed by atoms with van der Waals surface area (Å²) >= 11 is 1.51. The van der Waals surface area contributed by atoms with Crippen LogP contribution in [0.15, 0.2) is 60.2 Å². The van der Waals surface area contributed by atoms with Crippen LogP contribution in [0.25, 0.3) is 11.3 Å². The number of carbonyl (C=O) groups excluding carboxylic acids is 1. The molecule has 0 atom stereocenters. The smallest absolute Gasteiger partial charge is 0.258 e. The van der Waals surface area contributed by atoms with E-state index in [1.54, 1.807) is 12.4 Å². The van der Waals surface area contributed by atoms with Crippen LogP contribution in [0.2, 0.25) is 0 Å². The van der Waals surface area contributed by atoms with Gasteiger partial charge in [-0.15, -0.1) is 11.3 Å². The Morgan fingerprint density at radius 3 is 2.83 bits per heavy atom. The standard InChI is InChI=1S/C17H15N3O2S/c21-16(11-22-14-6-2-1-3-7-14)19-10-17-20-15(12-23-17)13-5-4-8-18-9-13/h1-9,12H,10-11H2,(H,19,21). The minimum absolute atomic E-state index is 0.00908. The number of nitrogens with zero attached hydrogens (tertiary/aromatic N) is 2. The van der Waals surface area contributed by atoms with Crippen molar-refractivity contribution in [2.75, 3.05) is 6.61 Å². The number of ether oxygens (including phenoxy) is 1. The lowest BCUT2D eigenvalue weighted by Gasteiger charge is -2.06. The van der Waals surface area contributed by atoms with Crippen molar-refractivity contribution >= 4 is 17.2 Å². The van der Waals surface area contributed by atoms with Crippen LogP contribution < -0.4 is 10.1 Å². The van der Waals surface area contributed by atoms with E-state index in [0.717, 1.165) is 16.3 Å². The summed E-state index contributed by atoms with van der Waals surface area (Å²) in [5.74, 6) is 0.503. The van der Waals surface area contributed by atoms with Gasteiger partial charge in [0.1, 0.15) is 10.8 Å². The summed E-state index contributed by atoms with van der Waals surface area (Å²) in [5.41, 5.74) is 1.83. The Labute approximate surface area is 138 Å². The molecule has 0 unspecified atom stereocenters. The van der Waals surface area contributed by atoms with Crippen molar-refractivity contribution in [2.45, 2.75) is 6.54 Å². The molecule has 6 heteroatoms. The molecule has 116 valence electrons. The van der Waals surface area contributed by atoms with Gasteiger partial charge in [0.05, 0.1) is 12.2 Å². The second kappa shape index (κ2) is 7.51. The van der Waals surface area contributed by atoms with Gasteiger partial charge >= 0.3 is 0 Å². The molecule has 0 fully saturated rings. The van der Waals surface area contributed by atoms with Crippen molar-refractivity contribution in [1.82, 2.24) is 15.3 Å². The molecule has 0 bridgehead atoms. The molecule has 0 aliphatic rings. The predicted molar refractivity (Wildman–Crippen MR) is 89.1 cm³/mol. The van der Waals surface area contributed by atoms with Crippen LogP contribution in [0.4, 0.5) is 0 Å². The van der Waals surface area contributed by atoms with E-state index < -0.39 is 0 Å². The Balaban J connectivity index is 1.49. The van der Waals surface area contributed by atoms with E-state index in [0.29, 0.717) is 12.3 Å². The van der Waals surface area contributed by atoms with E-state index in [2.05, 4.69) is 15.3 Å². The van der Waals surface area contributed by atoms with Gasteiger partial charge in [0.2, 0.25) is 0 Å². The summed E-state index contributed by atoms with van der Waals surface area (Å²) < 4.78 is 5.39. The van der Waals surface area contributed by atoms with Crippen molar-refractivity contribution in [2.24, 2.45) is 0 Å². The SMILES string of the molecule is O=C(COc1ccccc1)NCc1nc(-c2cccnc2)cs1. The summed E-state index contributed by atoms with van der Waals surface area (Å²) in [5, 5.41) is 5.60. The Bertz CT molecular complexity index is 760. The molecule has 1 amide bonds. The molecule has 1 N–H and O–H groups in total. The average Bonchev–Trinajstić information content (AvgIpc) is 3.09. The largest absolute Gasteiger partial charge is 0.484 e. The van der Waals surface area contributed by atoms with Crippen LogP contribution in [0.1, 0.15) is 5.01 Å². The highest BCUT2D eigenvalue weighted by Gasteiger charge is 2.07. The summed E-state index contributed by atoms with van der Waals surface area (Å²) in [6.07, 6.45) is 3.49. The molecule has 5 nitrogen and oxygen atoms in total. The van der Waals surface area contributed by atoms with Gasteiger partial charge in [0.25, 0.3) is 5.91 Å². The van der Waals surface area contributed by atoms with Gasteiger partial charge < -0.3 is 10.1 Å². The molecule has 0 saturated heterocycles. The van der Waals surface area contributed by atoms with E-state index in [1.165, 1.54) is 11.3 Å². The number of hydrogen-bond acceptors (Lipinski definition) is 5. The molecule has 0 radical (unpaired) electrons. The maximum atomic E-state index is 11.8. The van der Waals surface area contributed by atoms with E-state index in [4.69, 9.17) is 4.74 Å². The van der Waals surface area contributed by atoms with Crippen LogP contribution in [0, 0.1) is 0 Å². The van der Waals surface area contributed by atoms with Crippen LogP contribution in [-0.4, -0.2) is 22.5 Å². The molecule has 0 aliphatic carbocycles. The molecule has 23 heavy (non-hydrogen) atoms. The Morgan fingerprint density at radius 2 is 2.04 bits per heavy atom. The van der Waals surface area contributed by atoms with Gasteiger partial charge in [-0.05, 0) is 24.3 Å². The zero-order chi connectivity index (χ0) is 15.9. The highest BCUT2D eigenvalue weighted by molar-refractivity contribution is 7.09. The number of nitrogens with one attached hydrogen (secondary N) is 1. The molecule has 2 aromatic heterocycles. The lowest BCUT2D eigenvalue weighted by atomic mass is 10.2. The quantitative estimate of drug-likeness (QED) is 0.757. The molecule has 0 saturated carbocycles. The number of rotatable bonds is 6. The molecule has 1 aromatic carbocycles. The third-order valence-electron chi connectivity index (χ3n) is 3.06. The molecule has 0 spiro atoms. The van der Waals surface area contributed by atoms with Crippen LogP contribution in [-0.2, 0) is 11.3 Å². The number of thiazole rings is 1. The topological polar surface area (TPSA) is 64.1 Å². The van der Waals surface area contributed by atoms with Crippen molar-refractivity contribution in [1.29, 1.82) is 0 Å². The fourth-order valence-corrected chi connectivity index (χ4v) is 2.67. The van der Waals surface area contributed by atoms with Gasteiger partial charge in [-0.2, -0.15) is 0 Å². The first-order valence-corrected chi connectivity index (χ1v) is 7.98. The summed E-state index contributed by atoms with van der Waals surface area (Å²) in [6, 6.07) is 13.1. The predicted octanol–water partition coefficient (Wildman–Crippen LogP) is 2.90. The second-order valence-corrected chi connectivity index (χ2v) is 5.69. The first-order chi connectivity index (χ1) is 11.3. The summed E-state index contributed by atoms with van der Waals surface area (Å²) in [7, 11) is 0. The summed E-state index contributed by atoms with van der Waals surface area (Å²) in [6.45, 7) is 0.382. The van der Waals surface area contributed by atoms with Crippen LogP contribution in [0.5, 0.6) is 5.75 Å². The number of benzene rings is 1. The Hall–Kier alpha value is -2.73. The van der Waals surface area contributed by atoms with Gasteiger partial charge in [0, 0.05) is 23.3 Å². The van der Waals surface area contributed by atoms with Gasteiger partial charge in [-0.1, -0.05) is 18.2 Å². The third-order valence-corrected chi connectivity index (χ3v) is 3.91. The van der Waals surface area contributed by atoms with Crippen molar-refractivity contribution < 1.29 is 9.53 Å². The Morgan fingerprint density at radius 1 is 1.17 bits per heavy atom. The number of carbonyl (C=O) groups is 1. The van der Waals surface area contributed by atoms with Crippen LogP contribution in [0.3, 0.4) is 0 Å². The van der Waals surface area contributed by atoms with Gasteiger partial charge in [-0.25, -0.2) is 4.98 Å². The van der Waals surface area contributed by atoms with Crippen molar-refractivity contribution in [3.05, 3.63) is 65.2 Å². The molecular formula is C17H15N3O2S. The first kappa shape index (κ1) is 15.2. The number of para-hydroxylation sites is 1. The van der Waals surface area contributed by atoms with Gasteiger partial charge in [-0.3, -0.25) is 9.78 Å². The Kier molecular flexibility index (Phi) is 4.95. The van der Waals surface area contributed by atoms with Crippen LogP contribution >= 0.6 is 11.3 Å². The molecule has 3 aromatic rings. The number of hydrogen-bond donors (Lipinski definition) is 1. The minimum atomic E-state index is -0.174. The zero-order valence-corrected chi connectivity index (χ0v) is 13.1. The lowest BCUT2D eigenvalue weighted by molar-refractivity contribution is -0.123. The second-order valence-electron chi connectivity index (χ2n) is 4.75. The van der Waals surface area contributed by atoms with E-state index in [1.807, 2.05) is 47.8 Å². The third kappa shape index (κ3) is 4.37. The maximum absolute atomic E-state index is 11.8. The number of amides is 1. The highest BCUT2D eigenvalue weighted by Crippen LogP contribution is 2.20. The minimum Gasteiger partial charge on any atom is -0.484 e. The number of pyridine rings is 1. The molecular weight excluding hydrogens is 310 g/mol. The van der Waals surface area contributed by atoms with Gasteiger partial charge in [0.15, 0.2) is 6.61 Å². The van der Waals surface area contributed by atoms with Crippen molar-refractivity contribution in [3.8, 4) is 17.0 Å². The lowest BCUT2D eigenvalue weighted by Crippen LogP contribution is -2.28. The van der Waals surface area contributed by atoms with Crippen molar-refractivity contribution in [3.63, 3.8) is 0 Å². The number of aromatic nitrogens is 2.